The van der Waals surface area contributed by atoms with Crippen LogP contribution >= 0.6 is 11.8 Å². The van der Waals surface area contributed by atoms with E-state index >= 15 is 0 Å². The Bertz CT molecular complexity index is 310. The van der Waals surface area contributed by atoms with Crippen LogP contribution in [0.2, 0.25) is 0 Å². The van der Waals surface area contributed by atoms with Gasteiger partial charge in [-0.3, -0.25) is 0 Å². The lowest BCUT2D eigenvalue weighted by molar-refractivity contribution is -0.137. The van der Waals surface area contributed by atoms with Gasteiger partial charge >= 0.3 is 6.18 Å². The van der Waals surface area contributed by atoms with E-state index in [-0.39, 0.29) is 6.61 Å². The van der Waals surface area contributed by atoms with Crippen molar-refractivity contribution in [3.05, 3.63) is 29.8 Å². The van der Waals surface area contributed by atoms with Crippen LogP contribution in [0.1, 0.15) is 12.0 Å². The fourth-order valence-electron chi connectivity index (χ4n) is 1.04. The molecular formula is C10H10F4OS. The molecule has 90 valence electrons. The van der Waals surface area contributed by atoms with Crippen LogP contribution in [-0.4, -0.2) is 12.4 Å². The van der Waals surface area contributed by atoms with Crippen molar-refractivity contribution >= 4 is 11.8 Å². The fourth-order valence-corrected chi connectivity index (χ4v) is 1.87. The van der Waals surface area contributed by atoms with Crippen LogP contribution < -0.4 is 0 Å². The standard InChI is InChI=1S/C10H10F4OS/c11-10(12,13)8-2-4-9(5-3-8)16-7-1-6-15-14/h2-5H,1,6-7H2. The largest absolute Gasteiger partial charge is 0.416 e. The second-order valence-electron chi connectivity index (χ2n) is 3.04. The van der Waals surface area contributed by atoms with Crippen molar-refractivity contribution in [3.8, 4) is 0 Å². The molecule has 0 saturated heterocycles. The lowest BCUT2D eigenvalue weighted by Gasteiger charge is -2.07. The van der Waals surface area contributed by atoms with E-state index in [0.29, 0.717) is 12.2 Å². The fraction of sp³-hybridized carbons (Fsp3) is 0.400. The Hall–Kier alpha value is -0.750. The summed E-state index contributed by atoms with van der Waals surface area (Å²) in [6.45, 7) is 0.00757. The molecule has 0 aliphatic rings. The van der Waals surface area contributed by atoms with Crippen LogP contribution in [-0.2, 0) is 11.1 Å². The second-order valence-corrected chi connectivity index (χ2v) is 4.21. The lowest BCUT2D eigenvalue weighted by Crippen LogP contribution is -2.03. The van der Waals surface area contributed by atoms with Gasteiger partial charge in [0.2, 0.25) is 0 Å². The molecule has 1 nitrogen and oxygen atoms in total. The Labute approximate surface area is 94.7 Å². The van der Waals surface area contributed by atoms with Crippen LogP contribution in [0.3, 0.4) is 0 Å². The van der Waals surface area contributed by atoms with E-state index in [0.717, 1.165) is 17.0 Å². The van der Waals surface area contributed by atoms with E-state index in [9.17, 15) is 17.7 Å². The van der Waals surface area contributed by atoms with Crippen molar-refractivity contribution in [2.75, 3.05) is 12.4 Å². The normalized spacial score (nSPS) is 11.8. The summed E-state index contributed by atoms with van der Waals surface area (Å²) in [6, 6.07) is 4.88. The predicted octanol–water partition coefficient (Wildman–Crippen LogP) is 4.09. The topological polar surface area (TPSA) is 9.23 Å². The van der Waals surface area contributed by atoms with Crippen molar-refractivity contribution < 1.29 is 22.6 Å². The Balaban J connectivity index is 2.46. The second kappa shape index (κ2) is 6.10. The minimum absolute atomic E-state index is 0.00757. The quantitative estimate of drug-likeness (QED) is 0.444. The van der Waals surface area contributed by atoms with E-state index in [1.807, 2.05) is 0 Å². The first-order valence-corrected chi connectivity index (χ1v) is 5.56. The van der Waals surface area contributed by atoms with E-state index in [4.69, 9.17) is 0 Å². The molecule has 1 rings (SSSR count). The Morgan fingerprint density at radius 3 is 2.25 bits per heavy atom. The molecule has 0 N–H and O–H groups in total. The number of hydrogen-bond acceptors (Lipinski definition) is 2. The first-order chi connectivity index (χ1) is 7.54. The van der Waals surface area contributed by atoms with Gasteiger partial charge in [-0.15, -0.1) is 11.8 Å². The Morgan fingerprint density at radius 2 is 1.75 bits per heavy atom. The van der Waals surface area contributed by atoms with Gasteiger partial charge in [-0.25, -0.2) is 0 Å². The molecule has 0 radical (unpaired) electrons. The third kappa shape index (κ3) is 4.40. The minimum atomic E-state index is -4.30. The maximum absolute atomic E-state index is 12.2. The predicted molar refractivity (Wildman–Crippen MR) is 53.8 cm³/mol. The number of hydrogen-bond donors (Lipinski definition) is 0. The summed E-state index contributed by atoms with van der Waals surface area (Å²) >= 11 is 1.37. The highest BCUT2D eigenvalue weighted by Gasteiger charge is 2.29. The van der Waals surface area contributed by atoms with Crippen LogP contribution in [0, 0.1) is 0 Å². The third-order valence-corrected chi connectivity index (χ3v) is 2.91. The molecule has 0 bridgehead atoms. The summed E-state index contributed by atoms with van der Waals surface area (Å²) in [5.41, 5.74) is -0.663. The molecule has 0 aromatic heterocycles. The van der Waals surface area contributed by atoms with Crippen molar-refractivity contribution in [1.29, 1.82) is 0 Å². The number of rotatable bonds is 5. The van der Waals surface area contributed by atoms with Crippen LogP contribution in [0.15, 0.2) is 29.2 Å². The van der Waals surface area contributed by atoms with Gasteiger partial charge in [0, 0.05) is 10.6 Å². The average molecular weight is 254 g/mol. The Morgan fingerprint density at radius 1 is 1.12 bits per heavy atom. The molecule has 0 aliphatic carbocycles. The summed E-state index contributed by atoms with van der Waals surface area (Å²) < 4.78 is 47.9. The highest BCUT2D eigenvalue weighted by Crippen LogP contribution is 2.30. The molecule has 0 amide bonds. The highest BCUT2D eigenvalue weighted by molar-refractivity contribution is 7.99. The molecule has 0 spiro atoms. The van der Waals surface area contributed by atoms with E-state index in [2.05, 4.69) is 4.94 Å². The molecular weight excluding hydrogens is 244 g/mol. The lowest BCUT2D eigenvalue weighted by atomic mass is 10.2. The number of benzene rings is 1. The van der Waals surface area contributed by atoms with Gasteiger partial charge < -0.3 is 0 Å². The van der Waals surface area contributed by atoms with Crippen LogP contribution in [0.25, 0.3) is 0 Å². The van der Waals surface area contributed by atoms with E-state index in [1.165, 1.54) is 23.9 Å². The first-order valence-electron chi connectivity index (χ1n) is 4.57. The zero-order valence-electron chi connectivity index (χ0n) is 8.26. The molecule has 6 heteroatoms. The Kier molecular flexibility index (Phi) is 5.08. The SMILES string of the molecule is FOCCCSc1ccc(C(F)(F)F)cc1. The molecule has 16 heavy (non-hydrogen) atoms. The van der Waals surface area contributed by atoms with Gasteiger partial charge in [0.15, 0.2) is 0 Å². The van der Waals surface area contributed by atoms with Crippen molar-refractivity contribution in [2.24, 2.45) is 0 Å². The zero-order valence-corrected chi connectivity index (χ0v) is 9.08. The van der Waals surface area contributed by atoms with Crippen molar-refractivity contribution in [1.82, 2.24) is 0 Å². The van der Waals surface area contributed by atoms with Crippen molar-refractivity contribution in [3.63, 3.8) is 0 Å². The van der Waals surface area contributed by atoms with Gasteiger partial charge in [0.05, 0.1) is 12.2 Å². The minimum Gasteiger partial charge on any atom is -0.194 e. The average Bonchev–Trinajstić information content (AvgIpc) is 2.24. The number of thioether (sulfide) groups is 1. The molecule has 1 aromatic rings. The molecule has 0 aliphatic heterocycles. The van der Waals surface area contributed by atoms with E-state index in [1.54, 1.807) is 0 Å². The molecule has 1 aromatic carbocycles. The summed E-state index contributed by atoms with van der Waals surface area (Å²) in [4.78, 5) is 4.11. The van der Waals surface area contributed by atoms with E-state index < -0.39 is 11.7 Å². The summed E-state index contributed by atoms with van der Waals surface area (Å²) in [7, 11) is 0. The number of halogens is 4. The van der Waals surface area contributed by atoms with Gasteiger partial charge in [-0.05, 0) is 35.2 Å². The molecule has 0 fully saturated rings. The molecule has 0 saturated carbocycles. The van der Waals surface area contributed by atoms with Crippen LogP contribution in [0.5, 0.6) is 0 Å². The zero-order chi connectivity index (χ0) is 12.0. The molecule has 0 unspecified atom stereocenters. The van der Waals surface area contributed by atoms with Gasteiger partial charge in [0.1, 0.15) is 0 Å². The number of alkyl halides is 3. The summed E-state index contributed by atoms with van der Waals surface area (Å²) in [5, 5.41) is 0. The molecule has 0 heterocycles. The monoisotopic (exact) mass is 254 g/mol. The summed E-state index contributed by atoms with van der Waals surface area (Å²) in [5.74, 6) is 0.606. The first kappa shape index (κ1) is 13.3. The highest BCUT2D eigenvalue weighted by atomic mass is 32.2. The van der Waals surface area contributed by atoms with Gasteiger partial charge in [0.25, 0.3) is 0 Å². The maximum Gasteiger partial charge on any atom is 0.416 e. The molecule has 0 atom stereocenters. The third-order valence-electron chi connectivity index (χ3n) is 1.82. The van der Waals surface area contributed by atoms with Crippen molar-refractivity contribution in [2.45, 2.75) is 17.5 Å². The summed E-state index contributed by atoms with van der Waals surface area (Å²) in [6.07, 6.45) is -3.78. The van der Waals surface area contributed by atoms with Gasteiger partial charge in [-0.2, -0.15) is 18.1 Å². The smallest absolute Gasteiger partial charge is 0.194 e. The maximum atomic E-state index is 12.2. The van der Waals surface area contributed by atoms with Crippen LogP contribution in [0.4, 0.5) is 17.7 Å². The van der Waals surface area contributed by atoms with Gasteiger partial charge in [-0.1, -0.05) is 0 Å².